The molecular formula is C17H16F3NO. The predicted octanol–water partition coefficient (Wildman–Crippen LogP) is 4.83. The second kappa shape index (κ2) is 6.22. The summed E-state index contributed by atoms with van der Waals surface area (Å²) in [5.41, 5.74) is 2.04. The fourth-order valence-corrected chi connectivity index (χ4v) is 2.20. The van der Waals surface area contributed by atoms with Gasteiger partial charge in [0.2, 0.25) is 0 Å². The summed E-state index contributed by atoms with van der Waals surface area (Å²) in [6, 6.07) is 9.88. The van der Waals surface area contributed by atoms with Gasteiger partial charge in [0.25, 0.3) is 5.91 Å². The smallest absolute Gasteiger partial charge is 0.321 e. The molecule has 0 heterocycles. The second-order valence-electron chi connectivity index (χ2n) is 4.99. The van der Waals surface area contributed by atoms with Crippen LogP contribution in [0.2, 0.25) is 0 Å². The molecular weight excluding hydrogens is 291 g/mol. The first-order valence-electron chi connectivity index (χ1n) is 6.90. The third-order valence-corrected chi connectivity index (χ3v) is 3.45. The van der Waals surface area contributed by atoms with Crippen LogP contribution in [0.1, 0.15) is 34.0 Å². The van der Waals surface area contributed by atoms with Crippen molar-refractivity contribution in [2.45, 2.75) is 26.4 Å². The van der Waals surface area contributed by atoms with Gasteiger partial charge in [-0.2, -0.15) is 13.2 Å². The van der Waals surface area contributed by atoms with Crippen LogP contribution in [0.5, 0.6) is 0 Å². The van der Waals surface area contributed by atoms with Crippen molar-refractivity contribution in [2.24, 2.45) is 0 Å². The average Bonchev–Trinajstić information content (AvgIpc) is 2.48. The molecule has 0 radical (unpaired) electrons. The minimum Gasteiger partial charge on any atom is -0.321 e. The maximum Gasteiger partial charge on any atom is 0.416 e. The molecule has 1 N–H and O–H groups in total. The van der Waals surface area contributed by atoms with Crippen molar-refractivity contribution in [1.29, 1.82) is 0 Å². The first kappa shape index (κ1) is 16.1. The predicted molar refractivity (Wildman–Crippen MR) is 80.0 cm³/mol. The van der Waals surface area contributed by atoms with E-state index in [-0.39, 0.29) is 5.56 Å². The molecule has 0 aliphatic heterocycles. The van der Waals surface area contributed by atoms with Gasteiger partial charge in [-0.15, -0.1) is 0 Å². The van der Waals surface area contributed by atoms with Crippen molar-refractivity contribution >= 4 is 11.6 Å². The number of halogens is 3. The summed E-state index contributed by atoms with van der Waals surface area (Å²) in [7, 11) is 0. The van der Waals surface area contributed by atoms with E-state index in [1.807, 2.05) is 32.0 Å². The number of carbonyl (C=O) groups excluding carboxylic acids is 1. The van der Waals surface area contributed by atoms with E-state index >= 15 is 0 Å². The molecule has 116 valence electrons. The summed E-state index contributed by atoms with van der Waals surface area (Å²) in [5, 5.41) is 2.78. The summed E-state index contributed by atoms with van der Waals surface area (Å²) < 4.78 is 37.6. The SMILES string of the molecule is CCc1cccc(C)c1NC(=O)c1ccc(C(F)(F)F)cc1. The summed E-state index contributed by atoms with van der Waals surface area (Å²) in [4.78, 5) is 12.2. The number of carbonyl (C=O) groups is 1. The standard InChI is InChI=1S/C17H16F3NO/c1-3-12-6-4-5-11(2)15(12)21-16(22)13-7-9-14(10-8-13)17(18,19)20/h4-10H,3H2,1-2H3,(H,21,22). The Kier molecular flexibility index (Phi) is 4.54. The molecule has 0 bridgehead atoms. The van der Waals surface area contributed by atoms with Gasteiger partial charge in [-0.05, 0) is 48.7 Å². The van der Waals surface area contributed by atoms with Crippen LogP contribution in [0, 0.1) is 6.92 Å². The van der Waals surface area contributed by atoms with Gasteiger partial charge in [0, 0.05) is 11.3 Å². The van der Waals surface area contributed by atoms with Crippen LogP contribution in [0.3, 0.4) is 0 Å². The molecule has 2 aromatic carbocycles. The molecule has 0 aliphatic rings. The number of rotatable bonds is 3. The molecule has 0 aliphatic carbocycles. The lowest BCUT2D eigenvalue weighted by Crippen LogP contribution is -2.15. The third kappa shape index (κ3) is 3.47. The fourth-order valence-electron chi connectivity index (χ4n) is 2.20. The van der Waals surface area contributed by atoms with Crippen LogP contribution in [-0.2, 0) is 12.6 Å². The van der Waals surface area contributed by atoms with E-state index in [0.717, 1.165) is 35.4 Å². The van der Waals surface area contributed by atoms with Gasteiger partial charge in [0.1, 0.15) is 0 Å². The Bertz CT molecular complexity index is 675. The molecule has 2 rings (SSSR count). The summed E-state index contributed by atoms with van der Waals surface area (Å²) >= 11 is 0. The molecule has 0 fully saturated rings. The first-order chi connectivity index (χ1) is 10.3. The average molecular weight is 307 g/mol. The number of nitrogens with one attached hydrogen (secondary N) is 1. The lowest BCUT2D eigenvalue weighted by atomic mass is 10.0. The molecule has 0 saturated heterocycles. The zero-order chi connectivity index (χ0) is 16.3. The number of benzene rings is 2. The quantitative estimate of drug-likeness (QED) is 0.864. The number of anilines is 1. The van der Waals surface area contributed by atoms with Crippen molar-refractivity contribution in [1.82, 2.24) is 0 Å². The van der Waals surface area contributed by atoms with E-state index in [1.165, 1.54) is 12.1 Å². The van der Waals surface area contributed by atoms with Crippen LogP contribution < -0.4 is 5.32 Å². The van der Waals surface area contributed by atoms with E-state index in [4.69, 9.17) is 0 Å². The highest BCUT2D eigenvalue weighted by Crippen LogP contribution is 2.29. The van der Waals surface area contributed by atoms with Gasteiger partial charge in [0.15, 0.2) is 0 Å². The van der Waals surface area contributed by atoms with Crippen molar-refractivity contribution in [2.75, 3.05) is 5.32 Å². The lowest BCUT2D eigenvalue weighted by Gasteiger charge is -2.13. The maximum absolute atomic E-state index is 12.5. The van der Waals surface area contributed by atoms with E-state index in [9.17, 15) is 18.0 Å². The molecule has 0 atom stereocenters. The molecule has 5 heteroatoms. The first-order valence-corrected chi connectivity index (χ1v) is 6.90. The third-order valence-electron chi connectivity index (χ3n) is 3.45. The van der Waals surface area contributed by atoms with Gasteiger partial charge >= 0.3 is 6.18 Å². The Morgan fingerprint density at radius 3 is 2.27 bits per heavy atom. The monoisotopic (exact) mass is 307 g/mol. The van der Waals surface area contributed by atoms with Gasteiger partial charge in [-0.3, -0.25) is 4.79 Å². The highest BCUT2D eigenvalue weighted by atomic mass is 19.4. The van der Waals surface area contributed by atoms with E-state index in [1.54, 1.807) is 0 Å². The summed E-state index contributed by atoms with van der Waals surface area (Å²) in [6.45, 7) is 3.85. The molecule has 1 amide bonds. The van der Waals surface area contributed by atoms with Crippen LogP contribution in [0.15, 0.2) is 42.5 Å². The minimum atomic E-state index is -4.40. The maximum atomic E-state index is 12.5. The zero-order valence-corrected chi connectivity index (χ0v) is 12.3. The largest absolute Gasteiger partial charge is 0.416 e. The number of hydrogen-bond acceptors (Lipinski definition) is 1. The van der Waals surface area contributed by atoms with Gasteiger partial charge in [-0.1, -0.05) is 25.1 Å². The van der Waals surface area contributed by atoms with E-state index < -0.39 is 17.6 Å². The number of hydrogen-bond donors (Lipinski definition) is 1. The topological polar surface area (TPSA) is 29.1 Å². The van der Waals surface area contributed by atoms with E-state index in [2.05, 4.69) is 5.32 Å². The van der Waals surface area contributed by atoms with Gasteiger partial charge < -0.3 is 5.32 Å². The number of alkyl halides is 3. The van der Waals surface area contributed by atoms with Crippen molar-refractivity contribution < 1.29 is 18.0 Å². The Hall–Kier alpha value is -2.30. The van der Waals surface area contributed by atoms with Crippen LogP contribution in [0.4, 0.5) is 18.9 Å². The molecule has 0 spiro atoms. The Balaban J connectivity index is 2.23. The van der Waals surface area contributed by atoms with Crippen LogP contribution >= 0.6 is 0 Å². The second-order valence-corrected chi connectivity index (χ2v) is 4.99. The van der Waals surface area contributed by atoms with E-state index in [0.29, 0.717) is 0 Å². The Morgan fingerprint density at radius 1 is 1.09 bits per heavy atom. The normalized spacial score (nSPS) is 11.3. The Labute approximate surface area is 127 Å². The molecule has 0 unspecified atom stereocenters. The Morgan fingerprint density at radius 2 is 1.73 bits per heavy atom. The highest BCUT2D eigenvalue weighted by molar-refractivity contribution is 6.05. The van der Waals surface area contributed by atoms with Crippen molar-refractivity contribution in [3.63, 3.8) is 0 Å². The molecule has 22 heavy (non-hydrogen) atoms. The fraction of sp³-hybridized carbons (Fsp3) is 0.235. The minimum absolute atomic E-state index is 0.193. The molecule has 0 saturated carbocycles. The number of amides is 1. The lowest BCUT2D eigenvalue weighted by molar-refractivity contribution is -0.137. The summed E-state index contributed by atoms with van der Waals surface area (Å²) in [5.74, 6) is -0.419. The number of para-hydroxylation sites is 1. The highest BCUT2D eigenvalue weighted by Gasteiger charge is 2.30. The van der Waals surface area contributed by atoms with Crippen molar-refractivity contribution in [3.8, 4) is 0 Å². The summed E-state index contributed by atoms with van der Waals surface area (Å²) in [6.07, 6.45) is -3.65. The molecule has 0 aromatic heterocycles. The molecule has 2 nitrogen and oxygen atoms in total. The molecule has 2 aromatic rings. The van der Waals surface area contributed by atoms with Gasteiger partial charge in [-0.25, -0.2) is 0 Å². The van der Waals surface area contributed by atoms with Crippen LogP contribution in [-0.4, -0.2) is 5.91 Å². The number of aryl methyl sites for hydroxylation is 2. The van der Waals surface area contributed by atoms with Gasteiger partial charge in [0.05, 0.1) is 5.56 Å². The van der Waals surface area contributed by atoms with Crippen molar-refractivity contribution in [3.05, 3.63) is 64.7 Å². The van der Waals surface area contributed by atoms with Crippen LogP contribution in [0.25, 0.3) is 0 Å². The zero-order valence-electron chi connectivity index (χ0n) is 12.3.